The predicted octanol–water partition coefficient (Wildman–Crippen LogP) is 2.79. The van der Waals surface area contributed by atoms with Gasteiger partial charge in [-0.15, -0.1) is 0 Å². The summed E-state index contributed by atoms with van der Waals surface area (Å²) in [6.45, 7) is 1.63. The van der Waals surface area contributed by atoms with Gasteiger partial charge in [-0.1, -0.05) is 12.1 Å². The molecule has 108 valence electrons. The number of aromatic hydroxyl groups is 1. The number of carbonyl (C=O) groups excluding carboxylic acids is 1. The van der Waals surface area contributed by atoms with Gasteiger partial charge in [0.25, 0.3) is 5.91 Å². The zero-order valence-electron chi connectivity index (χ0n) is 11.1. The van der Waals surface area contributed by atoms with Crippen LogP contribution in [0.4, 0.5) is 10.1 Å². The van der Waals surface area contributed by atoms with Gasteiger partial charge in [0.2, 0.25) is 0 Å². The fourth-order valence-electron chi connectivity index (χ4n) is 1.83. The van der Waals surface area contributed by atoms with Crippen LogP contribution < -0.4 is 5.32 Å². The number of nitrogens with one attached hydrogen (secondary N) is 1. The number of hydrogen-bond acceptors (Lipinski definition) is 3. The molecule has 5 nitrogen and oxygen atoms in total. The minimum Gasteiger partial charge on any atom is -0.507 e. The Balaban J connectivity index is 2.36. The molecule has 2 rings (SSSR count). The molecule has 0 aliphatic rings. The summed E-state index contributed by atoms with van der Waals surface area (Å²) in [5.74, 6) is -2.94. The van der Waals surface area contributed by atoms with Crippen LogP contribution in [0.3, 0.4) is 0 Å². The van der Waals surface area contributed by atoms with Gasteiger partial charge >= 0.3 is 5.97 Å². The maximum Gasteiger partial charge on any atom is 0.337 e. The number of carbonyl (C=O) groups is 2. The highest BCUT2D eigenvalue weighted by Crippen LogP contribution is 2.24. The zero-order chi connectivity index (χ0) is 15.6. The number of amides is 1. The largest absolute Gasteiger partial charge is 0.507 e. The van der Waals surface area contributed by atoms with E-state index in [1.54, 1.807) is 19.1 Å². The van der Waals surface area contributed by atoms with Crippen molar-refractivity contribution in [2.75, 3.05) is 5.32 Å². The monoisotopic (exact) mass is 289 g/mol. The van der Waals surface area contributed by atoms with Gasteiger partial charge < -0.3 is 15.5 Å². The molecule has 0 spiro atoms. The Hall–Kier alpha value is -2.89. The summed E-state index contributed by atoms with van der Waals surface area (Å²) in [5, 5.41) is 21.2. The van der Waals surface area contributed by atoms with Crippen LogP contribution in [-0.2, 0) is 0 Å². The quantitative estimate of drug-likeness (QED) is 0.811. The Morgan fingerprint density at radius 2 is 1.86 bits per heavy atom. The number of benzene rings is 2. The maximum absolute atomic E-state index is 13.1. The lowest BCUT2D eigenvalue weighted by molar-refractivity contribution is 0.0697. The van der Waals surface area contributed by atoms with Crippen molar-refractivity contribution in [1.82, 2.24) is 0 Å². The number of hydrogen-bond donors (Lipinski definition) is 3. The van der Waals surface area contributed by atoms with E-state index in [4.69, 9.17) is 5.11 Å². The molecule has 0 saturated heterocycles. The average Bonchev–Trinajstić information content (AvgIpc) is 2.43. The van der Waals surface area contributed by atoms with Gasteiger partial charge in [0.05, 0.1) is 16.8 Å². The first kappa shape index (κ1) is 14.5. The Morgan fingerprint density at radius 1 is 1.14 bits per heavy atom. The lowest BCUT2D eigenvalue weighted by Gasteiger charge is -2.10. The van der Waals surface area contributed by atoms with Crippen molar-refractivity contribution in [1.29, 1.82) is 0 Å². The molecule has 0 atom stereocenters. The molecule has 0 aromatic heterocycles. The molecule has 3 N–H and O–H groups in total. The SMILES string of the molecule is Cc1cccc(C(=O)Nc2ccc(F)cc2C(=O)O)c1O. The lowest BCUT2D eigenvalue weighted by atomic mass is 10.1. The molecule has 0 radical (unpaired) electrons. The van der Waals surface area contributed by atoms with Gasteiger partial charge in [0.1, 0.15) is 11.6 Å². The van der Waals surface area contributed by atoms with Crippen molar-refractivity contribution in [3.8, 4) is 5.75 Å². The highest BCUT2D eigenvalue weighted by atomic mass is 19.1. The molecule has 0 unspecified atom stereocenters. The van der Waals surface area contributed by atoms with Crippen molar-refractivity contribution >= 4 is 17.6 Å². The van der Waals surface area contributed by atoms with Crippen LogP contribution in [0.1, 0.15) is 26.3 Å². The number of anilines is 1. The van der Waals surface area contributed by atoms with E-state index < -0.39 is 17.7 Å². The summed E-state index contributed by atoms with van der Waals surface area (Å²) >= 11 is 0. The first-order valence-corrected chi connectivity index (χ1v) is 6.03. The zero-order valence-corrected chi connectivity index (χ0v) is 11.1. The number of carboxylic acids is 1. The van der Waals surface area contributed by atoms with Crippen molar-refractivity contribution < 1.29 is 24.2 Å². The molecule has 2 aromatic carbocycles. The molecule has 0 heterocycles. The van der Waals surface area contributed by atoms with E-state index in [0.29, 0.717) is 5.56 Å². The summed E-state index contributed by atoms with van der Waals surface area (Å²) < 4.78 is 13.1. The van der Waals surface area contributed by atoms with Gasteiger partial charge in [0, 0.05) is 0 Å². The lowest BCUT2D eigenvalue weighted by Crippen LogP contribution is -2.15. The van der Waals surface area contributed by atoms with Crippen molar-refractivity contribution in [2.45, 2.75) is 6.92 Å². The Kier molecular flexibility index (Phi) is 3.89. The minimum absolute atomic E-state index is 0.00987. The van der Waals surface area contributed by atoms with E-state index in [-0.39, 0.29) is 22.6 Å². The Labute approximate surface area is 119 Å². The first-order valence-electron chi connectivity index (χ1n) is 6.03. The second-order valence-electron chi connectivity index (χ2n) is 4.42. The smallest absolute Gasteiger partial charge is 0.337 e. The van der Waals surface area contributed by atoms with Crippen LogP contribution in [0.25, 0.3) is 0 Å². The van der Waals surface area contributed by atoms with Crippen LogP contribution in [-0.4, -0.2) is 22.1 Å². The van der Waals surface area contributed by atoms with E-state index >= 15 is 0 Å². The predicted molar refractivity (Wildman–Crippen MR) is 74.2 cm³/mol. The number of aryl methyl sites for hydroxylation is 1. The van der Waals surface area contributed by atoms with Gasteiger partial charge in [-0.25, -0.2) is 9.18 Å². The molecule has 0 bridgehead atoms. The molecule has 2 aromatic rings. The maximum atomic E-state index is 13.1. The number of para-hydroxylation sites is 1. The molecular formula is C15H12FNO4. The Bertz CT molecular complexity index is 728. The normalized spacial score (nSPS) is 10.2. The van der Waals surface area contributed by atoms with Crippen molar-refractivity contribution in [3.63, 3.8) is 0 Å². The van der Waals surface area contributed by atoms with Crippen LogP contribution >= 0.6 is 0 Å². The first-order chi connectivity index (χ1) is 9.90. The third-order valence-electron chi connectivity index (χ3n) is 2.94. The third-order valence-corrected chi connectivity index (χ3v) is 2.94. The summed E-state index contributed by atoms with van der Waals surface area (Å²) in [6.07, 6.45) is 0. The number of phenols is 1. The summed E-state index contributed by atoms with van der Waals surface area (Å²) in [6, 6.07) is 7.64. The molecule has 0 aliphatic heterocycles. The number of halogens is 1. The van der Waals surface area contributed by atoms with E-state index in [1.165, 1.54) is 6.07 Å². The van der Waals surface area contributed by atoms with Gasteiger partial charge in [-0.2, -0.15) is 0 Å². The summed E-state index contributed by atoms with van der Waals surface area (Å²) in [5.41, 5.74) is 0.112. The molecule has 0 saturated carbocycles. The second-order valence-corrected chi connectivity index (χ2v) is 4.42. The van der Waals surface area contributed by atoms with Crippen molar-refractivity contribution in [2.24, 2.45) is 0 Å². The standard InChI is InChI=1S/C15H12FNO4/c1-8-3-2-4-10(13(8)18)14(19)17-12-6-5-9(16)7-11(12)15(20)21/h2-7,18H,1H3,(H,17,19)(H,20,21). The van der Waals surface area contributed by atoms with E-state index in [2.05, 4.69) is 5.32 Å². The van der Waals surface area contributed by atoms with Gasteiger partial charge in [-0.05, 0) is 36.8 Å². The molecular weight excluding hydrogens is 277 g/mol. The number of aromatic carboxylic acids is 1. The summed E-state index contributed by atoms with van der Waals surface area (Å²) in [4.78, 5) is 23.1. The van der Waals surface area contributed by atoms with Gasteiger partial charge in [-0.3, -0.25) is 4.79 Å². The highest BCUT2D eigenvalue weighted by Gasteiger charge is 2.17. The average molecular weight is 289 g/mol. The fraction of sp³-hybridized carbons (Fsp3) is 0.0667. The molecule has 1 amide bonds. The van der Waals surface area contributed by atoms with Gasteiger partial charge in [0.15, 0.2) is 0 Å². The Morgan fingerprint density at radius 3 is 2.52 bits per heavy atom. The number of phenolic OH excluding ortho intramolecular Hbond substituents is 1. The molecule has 6 heteroatoms. The van der Waals surface area contributed by atoms with E-state index in [9.17, 15) is 19.1 Å². The van der Waals surface area contributed by atoms with Crippen LogP contribution in [0.2, 0.25) is 0 Å². The molecule has 0 aliphatic carbocycles. The van der Waals surface area contributed by atoms with Crippen LogP contribution in [0, 0.1) is 12.7 Å². The van der Waals surface area contributed by atoms with E-state index in [1.807, 2.05) is 0 Å². The summed E-state index contributed by atoms with van der Waals surface area (Å²) in [7, 11) is 0. The van der Waals surface area contributed by atoms with Crippen LogP contribution in [0.5, 0.6) is 5.75 Å². The highest BCUT2D eigenvalue weighted by molar-refractivity contribution is 6.09. The molecule has 21 heavy (non-hydrogen) atoms. The number of rotatable bonds is 3. The third kappa shape index (κ3) is 3.00. The van der Waals surface area contributed by atoms with Crippen molar-refractivity contribution in [3.05, 3.63) is 58.9 Å². The second kappa shape index (κ2) is 5.62. The topological polar surface area (TPSA) is 86.6 Å². The minimum atomic E-state index is -1.36. The molecule has 0 fully saturated rings. The van der Waals surface area contributed by atoms with E-state index in [0.717, 1.165) is 18.2 Å². The number of carboxylic acid groups (broad SMARTS) is 1. The fourth-order valence-corrected chi connectivity index (χ4v) is 1.83. The van der Waals surface area contributed by atoms with Crippen LogP contribution in [0.15, 0.2) is 36.4 Å².